The number of hydrazone groups is 1. The van der Waals surface area contributed by atoms with E-state index in [0.717, 1.165) is 23.5 Å². The third-order valence-corrected chi connectivity index (χ3v) is 5.76. The Morgan fingerprint density at radius 2 is 1.72 bits per heavy atom. The number of rotatable bonds is 7. The minimum Gasteiger partial charge on any atom is -0.497 e. The molecule has 0 saturated carbocycles. The Labute approximate surface area is 185 Å². The van der Waals surface area contributed by atoms with Gasteiger partial charge in [-0.15, -0.1) is 0 Å². The van der Waals surface area contributed by atoms with Crippen molar-refractivity contribution in [3.63, 3.8) is 0 Å². The maximum Gasteiger partial charge on any atom is 0.270 e. The van der Waals surface area contributed by atoms with Crippen LogP contribution in [0, 0.1) is 11.7 Å². The lowest BCUT2D eigenvalue weighted by Gasteiger charge is -2.39. The molecule has 1 unspecified atom stereocenters. The molecule has 32 heavy (non-hydrogen) atoms. The highest BCUT2D eigenvalue weighted by Crippen LogP contribution is 2.29. The van der Waals surface area contributed by atoms with E-state index in [0.29, 0.717) is 24.7 Å². The van der Waals surface area contributed by atoms with Gasteiger partial charge >= 0.3 is 0 Å². The van der Waals surface area contributed by atoms with Crippen molar-refractivity contribution < 1.29 is 23.5 Å². The summed E-state index contributed by atoms with van der Waals surface area (Å²) >= 11 is 0. The Balaban J connectivity index is 1.41. The second kappa shape index (κ2) is 8.86. The summed E-state index contributed by atoms with van der Waals surface area (Å²) in [5.41, 5.74) is 7.38. The quantitative estimate of drug-likeness (QED) is 0.710. The van der Waals surface area contributed by atoms with Crippen LogP contribution in [0.4, 0.5) is 10.1 Å². The van der Waals surface area contributed by atoms with Gasteiger partial charge in [-0.25, -0.2) is 4.39 Å². The third-order valence-electron chi connectivity index (χ3n) is 5.76. The Kier molecular flexibility index (Phi) is 5.98. The summed E-state index contributed by atoms with van der Waals surface area (Å²) in [5.74, 6) is 0.562. The van der Waals surface area contributed by atoms with Crippen LogP contribution in [0.2, 0.25) is 0 Å². The summed E-state index contributed by atoms with van der Waals surface area (Å²) in [6.07, 6.45) is 0.912. The third kappa shape index (κ3) is 4.37. The Morgan fingerprint density at radius 3 is 2.28 bits per heavy atom. The van der Waals surface area contributed by atoms with Crippen LogP contribution in [-0.2, 0) is 16.0 Å². The molecular formula is C23H25FN4O4. The fraction of sp³-hybridized carbons (Fsp3) is 0.348. The Hall–Kier alpha value is -3.62. The molecule has 2 amide bonds. The molecule has 2 N–H and O–H groups in total. The molecule has 1 saturated heterocycles. The van der Waals surface area contributed by atoms with Crippen LogP contribution in [-0.4, -0.2) is 55.8 Å². The van der Waals surface area contributed by atoms with Crippen molar-refractivity contribution in [3.05, 3.63) is 53.8 Å². The number of amides is 2. The van der Waals surface area contributed by atoms with Crippen LogP contribution in [0.1, 0.15) is 12.0 Å². The second-order valence-corrected chi connectivity index (χ2v) is 7.99. The van der Waals surface area contributed by atoms with Crippen molar-refractivity contribution in [3.8, 4) is 11.5 Å². The van der Waals surface area contributed by atoms with Gasteiger partial charge in [-0.2, -0.15) is 5.10 Å². The van der Waals surface area contributed by atoms with Gasteiger partial charge in [0.25, 0.3) is 5.91 Å². The molecule has 0 aliphatic carbocycles. The van der Waals surface area contributed by atoms with Crippen LogP contribution < -0.4 is 20.2 Å². The van der Waals surface area contributed by atoms with E-state index in [1.165, 1.54) is 29.3 Å². The van der Waals surface area contributed by atoms with Crippen molar-refractivity contribution in [2.75, 3.05) is 32.3 Å². The van der Waals surface area contributed by atoms with Gasteiger partial charge in [0.2, 0.25) is 5.91 Å². The number of ether oxygens (including phenoxy) is 2. The molecule has 0 aromatic heterocycles. The van der Waals surface area contributed by atoms with Gasteiger partial charge in [-0.3, -0.25) is 14.6 Å². The summed E-state index contributed by atoms with van der Waals surface area (Å²) in [4.78, 5) is 26.6. The van der Waals surface area contributed by atoms with Crippen molar-refractivity contribution >= 4 is 23.2 Å². The zero-order chi connectivity index (χ0) is 22.8. The molecule has 8 nitrogen and oxygen atoms in total. The highest BCUT2D eigenvalue weighted by molar-refractivity contribution is 6.40. The number of likely N-dealkylation sites (tertiary alicyclic amines) is 1. The lowest BCUT2D eigenvalue weighted by molar-refractivity contribution is -0.130. The summed E-state index contributed by atoms with van der Waals surface area (Å²) in [5, 5.41) is 5.75. The average molecular weight is 440 g/mol. The molecule has 1 fully saturated rings. The summed E-state index contributed by atoms with van der Waals surface area (Å²) in [7, 11) is 3.22. The van der Waals surface area contributed by atoms with Crippen molar-refractivity contribution in [2.45, 2.75) is 18.9 Å². The molecule has 0 bridgehead atoms. The maximum absolute atomic E-state index is 13.3. The van der Waals surface area contributed by atoms with Crippen molar-refractivity contribution in [1.29, 1.82) is 0 Å². The summed E-state index contributed by atoms with van der Waals surface area (Å²) in [6, 6.07) is 10.5. The van der Waals surface area contributed by atoms with Crippen LogP contribution >= 0.6 is 0 Å². The van der Waals surface area contributed by atoms with Gasteiger partial charge in [0.1, 0.15) is 29.1 Å². The number of halogens is 1. The monoisotopic (exact) mass is 440 g/mol. The highest BCUT2D eigenvalue weighted by Gasteiger charge is 2.39. The lowest BCUT2D eigenvalue weighted by atomic mass is 9.91. The van der Waals surface area contributed by atoms with Crippen LogP contribution in [0.5, 0.6) is 11.5 Å². The van der Waals surface area contributed by atoms with Gasteiger partial charge in [0.05, 0.1) is 19.9 Å². The molecule has 4 rings (SSSR count). The molecule has 0 radical (unpaired) electrons. The number of hydrogen-bond acceptors (Lipinski definition) is 6. The summed E-state index contributed by atoms with van der Waals surface area (Å²) < 4.78 is 23.9. The lowest BCUT2D eigenvalue weighted by Crippen LogP contribution is -2.53. The normalized spacial score (nSPS) is 18.2. The number of anilines is 1. The maximum atomic E-state index is 13.3. The average Bonchev–Trinajstić information content (AvgIpc) is 3.21. The van der Waals surface area contributed by atoms with E-state index in [1.807, 2.05) is 18.2 Å². The minimum atomic E-state index is -0.777. The minimum absolute atomic E-state index is 0.125. The first-order valence-corrected chi connectivity index (χ1v) is 10.3. The van der Waals surface area contributed by atoms with Crippen LogP contribution in [0.25, 0.3) is 0 Å². The predicted molar refractivity (Wildman–Crippen MR) is 117 cm³/mol. The van der Waals surface area contributed by atoms with E-state index in [1.54, 1.807) is 19.1 Å². The van der Waals surface area contributed by atoms with Gasteiger partial charge in [-0.05, 0) is 54.3 Å². The topological polar surface area (TPSA) is 97.5 Å². The number of hydrogen-bond donors (Lipinski definition) is 1. The van der Waals surface area contributed by atoms with E-state index < -0.39 is 17.8 Å². The van der Waals surface area contributed by atoms with Crippen molar-refractivity contribution in [2.24, 2.45) is 16.8 Å². The van der Waals surface area contributed by atoms with Crippen LogP contribution in [0.15, 0.2) is 47.6 Å². The molecule has 168 valence electrons. The number of carbonyl (C=O) groups is 2. The van der Waals surface area contributed by atoms with E-state index in [9.17, 15) is 14.0 Å². The van der Waals surface area contributed by atoms with Crippen molar-refractivity contribution in [1.82, 2.24) is 4.90 Å². The Bertz CT molecular complexity index is 1030. The molecule has 2 aliphatic rings. The number of primary amides is 1. The summed E-state index contributed by atoms with van der Waals surface area (Å²) in [6.45, 7) is 1.18. The molecule has 2 aromatic carbocycles. The number of benzene rings is 2. The highest BCUT2D eigenvalue weighted by atomic mass is 19.1. The molecule has 0 spiro atoms. The number of nitrogens with two attached hydrogens (primary N) is 1. The molecule has 9 heteroatoms. The first kappa shape index (κ1) is 21.6. The van der Waals surface area contributed by atoms with E-state index in [2.05, 4.69) is 5.10 Å². The predicted octanol–water partition coefficient (Wildman–Crippen LogP) is 1.96. The fourth-order valence-corrected chi connectivity index (χ4v) is 4.06. The van der Waals surface area contributed by atoms with Gasteiger partial charge in [-0.1, -0.05) is 0 Å². The second-order valence-electron chi connectivity index (χ2n) is 7.99. The van der Waals surface area contributed by atoms with E-state index >= 15 is 0 Å². The Morgan fingerprint density at radius 1 is 1.09 bits per heavy atom. The number of methoxy groups -OCH3 is 2. The van der Waals surface area contributed by atoms with Gasteiger partial charge in [0.15, 0.2) is 0 Å². The number of carbonyl (C=O) groups excluding carboxylic acids is 2. The molecular weight excluding hydrogens is 415 g/mol. The molecule has 1 atom stereocenters. The standard InChI is InChI=1S/C23H25FN4O4/c1-31-18-8-14(9-19(10-18)32-2)7-15-12-27(13-15)23(30)20-11-21(22(25)29)28(26-20)17-5-3-16(24)4-6-17/h3-6,8-10,15,21H,7,11-13H2,1-2H3,(H2,25,29). The SMILES string of the molecule is COc1cc(CC2CN(C(=O)C3=NN(c4ccc(F)cc4)C(C(N)=O)C3)C2)cc(OC)c1. The molecule has 2 heterocycles. The van der Waals surface area contributed by atoms with Crippen LogP contribution in [0.3, 0.4) is 0 Å². The zero-order valence-corrected chi connectivity index (χ0v) is 18.0. The van der Waals surface area contributed by atoms with E-state index in [-0.39, 0.29) is 18.0 Å². The number of nitrogens with zero attached hydrogens (tertiary/aromatic N) is 3. The molecule has 2 aliphatic heterocycles. The molecule has 2 aromatic rings. The first-order chi connectivity index (χ1) is 15.4. The smallest absolute Gasteiger partial charge is 0.270 e. The largest absolute Gasteiger partial charge is 0.497 e. The van der Waals surface area contributed by atoms with E-state index in [4.69, 9.17) is 15.2 Å². The first-order valence-electron chi connectivity index (χ1n) is 10.3. The van der Waals surface area contributed by atoms with Gasteiger partial charge < -0.3 is 20.1 Å². The fourth-order valence-electron chi connectivity index (χ4n) is 4.06. The van der Waals surface area contributed by atoms with Gasteiger partial charge in [0, 0.05) is 25.6 Å². The zero-order valence-electron chi connectivity index (χ0n) is 18.0.